The zero-order valence-electron chi connectivity index (χ0n) is 17.2. The van der Waals surface area contributed by atoms with Gasteiger partial charge in [-0.2, -0.15) is 0 Å². The van der Waals surface area contributed by atoms with Crippen LogP contribution < -0.4 is 10.1 Å². The SMILES string of the molecule is COc1ccccc1NC(=O)C(C)Sc1nc(-c2ccccc2)c(-c2ccccc2)o1. The molecular weight excluding hydrogens is 408 g/mol. The molecule has 0 aliphatic heterocycles. The third-order valence-corrected chi connectivity index (χ3v) is 5.65. The minimum atomic E-state index is -0.421. The van der Waals surface area contributed by atoms with Crippen molar-refractivity contribution in [3.8, 4) is 28.3 Å². The van der Waals surface area contributed by atoms with Gasteiger partial charge in [0.15, 0.2) is 5.76 Å². The van der Waals surface area contributed by atoms with Gasteiger partial charge < -0.3 is 14.5 Å². The van der Waals surface area contributed by atoms with E-state index in [9.17, 15) is 4.79 Å². The third-order valence-electron chi connectivity index (χ3n) is 4.70. The molecule has 0 bridgehead atoms. The first-order valence-electron chi connectivity index (χ1n) is 9.88. The number of carbonyl (C=O) groups excluding carboxylic acids is 1. The summed E-state index contributed by atoms with van der Waals surface area (Å²) in [6.45, 7) is 1.82. The van der Waals surface area contributed by atoms with E-state index in [1.807, 2.05) is 79.7 Å². The molecule has 1 heterocycles. The Kier molecular flexibility index (Phi) is 6.38. The van der Waals surface area contributed by atoms with Crippen LogP contribution in [-0.2, 0) is 4.79 Å². The molecule has 1 aromatic heterocycles. The maximum absolute atomic E-state index is 12.8. The predicted molar refractivity (Wildman–Crippen MR) is 124 cm³/mol. The van der Waals surface area contributed by atoms with Crippen molar-refractivity contribution >= 4 is 23.4 Å². The van der Waals surface area contributed by atoms with E-state index in [1.165, 1.54) is 11.8 Å². The molecule has 1 unspecified atom stereocenters. The minimum Gasteiger partial charge on any atom is -0.495 e. The van der Waals surface area contributed by atoms with Crippen LogP contribution in [0.15, 0.2) is 94.6 Å². The Morgan fingerprint density at radius 1 is 0.935 bits per heavy atom. The van der Waals surface area contributed by atoms with Crippen LogP contribution in [0.2, 0.25) is 0 Å². The number of nitrogens with zero attached hydrogens (tertiary/aromatic N) is 1. The van der Waals surface area contributed by atoms with E-state index in [2.05, 4.69) is 5.32 Å². The number of thioether (sulfide) groups is 1. The van der Waals surface area contributed by atoms with Crippen LogP contribution in [0, 0.1) is 0 Å². The second-order valence-corrected chi connectivity index (χ2v) is 8.13. The number of rotatable bonds is 7. The van der Waals surface area contributed by atoms with Crippen LogP contribution in [0.4, 0.5) is 5.69 Å². The summed E-state index contributed by atoms with van der Waals surface area (Å²) in [4.78, 5) is 17.5. The molecule has 31 heavy (non-hydrogen) atoms. The third kappa shape index (κ3) is 4.81. The van der Waals surface area contributed by atoms with Gasteiger partial charge in [0.2, 0.25) is 5.91 Å². The molecule has 156 valence electrons. The van der Waals surface area contributed by atoms with Gasteiger partial charge in [0, 0.05) is 11.1 Å². The van der Waals surface area contributed by atoms with Crippen molar-refractivity contribution in [2.45, 2.75) is 17.4 Å². The van der Waals surface area contributed by atoms with Crippen molar-refractivity contribution in [3.63, 3.8) is 0 Å². The number of carbonyl (C=O) groups is 1. The molecule has 0 fully saturated rings. The highest BCUT2D eigenvalue weighted by molar-refractivity contribution is 8.00. The Balaban J connectivity index is 1.58. The summed E-state index contributed by atoms with van der Waals surface area (Å²) in [7, 11) is 1.58. The van der Waals surface area contributed by atoms with Gasteiger partial charge in [-0.05, 0) is 19.1 Å². The number of hydrogen-bond acceptors (Lipinski definition) is 5. The number of methoxy groups -OCH3 is 1. The van der Waals surface area contributed by atoms with Crippen LogP contribution in [0.25, 0.3) is 22.6 Å². The summed E-state index contributed by atoms with van der Waals surface area (Å²) >= 11 is 1.28. The van der Waals surface area contributed by atoms with Crippen molar-refractivity contribution in [2.24, 2.45) is 0 Å². The second kappa shape index (κ2) is 9.53. The van der Waals surface area contributed by atoms with E-state index in [0.29, 0.717) is 22.4 Å². The lowest BCUT2D eigenvalue weighted by atomic mass is 10.1. The molecule has 3 aromatic carbocycles. The van der Waals surface area contributed by atoms with Crippen molar-refractivity contribution in [1.29, 1.82) is 0 Å². The lowest BCUT2D eigenvalue weighted by Crippen LogP contribution is -2.22. The smallest absolute Gasteiger partial charge is 0.257 e. The number of ether oxygens (including phenoxy) is 1. The maximum atomic E-state index is 12.8. The van der Waals surface area contributed by atoms with E-state index in [1.54, 1.807) is 19.2 Å². The van der Waals surface area contributed by atoms with Gasteiger partial charge in [0.25, 0.3) is 5.22 Å². The highest BCUT2D eigenvalue weighted by Crippen LogP contribution is 2.37. The van der Waals surface area contributed by atoms with E-state index < -0.39 is 5.25 Å². The molecule has 0 saturated heterocycles. The molecule has 0 aliphatic rings. The standard InChI is InChI=1S/C25H22N2O3S/c1-17(24(28)26-20-15-9-10-16-21(20)29-2)31-25-27-22(18-11-5-3-6-12-18)23(30-25)19-13-7-4-8-14-19/h3-17H,1-2H3,(H,26,28). The molecule has 0 radical (unpaired) electrons. The molecule has 1 amide bonds. The van der Waals surface area contributed by atoms with Gasteiger partial charge in [-0.3, -0.25) is 4.79 Å². The number of aromatic nitrogens is 1. The van der Waals surface area contributed by atoms with Crippen LogP contribution >= 0.6 is 11.8 Å². The molecule has 0 saturated carbocycles. The zero-order chi connectivity index (χ0) is 21.6. The van der Waals surface area contributed by atoms with Crippen molar-refractivity contribution in [1.82, 2.24) is 4.98 Å². The molecule has 0 spiro atoms. The fraction of sp³-hybridized carbons (Fsp3) is 0.120. The van der Waals surface area contributed by atoms with Gasteiger partial charge in [-0.1, -0.05) is 84.6 Å². The van der Waals surface area contributed by atoms with Gasteiger partial charge in [-0.15, -0.1) is 0 Å². The lowest BCUT2D eigenvalue weighted by Gasteiger charge is -2.12. The fourth-order valence-corrected chi connectivity index (χ4v) is 3.86. The van der Waals surface area contributed by atoms with Gasteiger partial charge in [0.1, 0.15) is 11.4 Å². The molecule has 6 heteroatoms. The molecule has 0 aliphatic carbocycles. The maximum Gasteiger partial charge on any atom is 0.257 e. The zero-order valence-corrected chi connectivity index (χ0v) is 18.1. The van der Waals surface area contributed by atoms with Gasteiger partial charge in [0.05, 0.1) is 18.0 Å². The highest BCUT2D eigenvalue weighted by Gasteiger charge is 2.22. The second-order valence-electron chi connectivity index (χ2n) is 6.84. The minimum absolute atomic E-state index is 0.157. The van der Waals surface area contributed by atoms with Crippen molar-refractivity contribution in [2.75, 3.05) is 12.4 Å². The fourth-order valence-electron chi connectivity index (χ4n) is 3.11. The molecule has 5 nitrogen and oxygen atoms in total. The number of amides is 1. The average Bonchev–Trinajstić information content (AvgIpc) is 3.24. The number of hydrogen-bond donors (Lipinski definition) is 1. The number of para-hydroxylation sites is 2. The topological polar surface area (TPSA) is 64.4 Å². The summed E-state index contributed by atoms with van der Waals surface area (Å²) in [5.41, 5.74) is 3.28. The average molecular weight is 431 g/mol. The van der Waals surface area contributed by atoms with E-state index in [0.717, 1.165) is 16.8 Å². The summed E-state index contributed by atoms with van der Waals surface area (Å²) in [6, 6.07) is 27.1. The van der Waals surface area contributed by atoms with Crippen LogP contribution in [0.3, 0.4) is 0 Å². The van der Waals surface area contributed by atoms with Crippen LogP contribution in [0.5, 0.6) is 5.75 Å². The number of anilines is 1. The van der Waals surface area contributed by atoms with Crippen molar-refractivity contribution in [3.05, 3.63) is 84.9 Å². The molecule has 4 aromatic rings. The van der Waals surface area contributed by atoms with E-state index in [4.69, 9.17) is 14.1 Å². The molecule has 1 N–H and O–H groups in total. The Morgan fingerprint density at radius 2 is 1.55 bits per heavy atom. The van der Waals surface area contributed by atoms with E-state index in [-0.39, 0.29) is 5.91 Å². The summed E-state index contributed by atoms with van der Waals surface area (Å²) < 4.78 is 11.4. The Morgan fingerprint density at radius 3 is 2.23 bits per heavy atom. The summed E-state index contributed by atoms with van der Waals surface area (Å²) in [6.07, 6.45) is 0. The number of oxazole rings is 1. The predicted octanol–water partition coefficient (Wildman–Crippen LogP) is 6.14. The largest absolute Gasteiger partial charge is 0.495 e. The summed E-state index contributed by atoms with van der Waals surface area (Å²) in [5.74, 6) is 1.14. The first kappa shape index (κ1) is 20.8. The van der Waals surface area contributed by atoms with Crippen molar-refractivity contribution < 1.29 is 13.9 Å². The van der Waals surface area contributed by atoms with Gasteiger partial charge in [-0.25, -0.2) is 4.98 Å². The van der Waals surface area contributed by atoms with Crippen LogP contribution in [0.1, 0.15) is 6.92 Å². The quantitative estimate of drug-likeness (QED) is 0.357. The Bertz CT molecular complexity index is 1100. The molecular formula is C25H22N2O3S. The first-order chi connectivity index (χ1) is 15.2. The number of benzene rings is 3. The van der Waals surface area contributed by atoms with Crippen LogP contribution in [-0.4, -0.2) is 23.3 Å². The van der Waals surface area contributed by atoms with E-state index >= 15 is 0 Å². The highest BCUT2D eigenvalue weighted by atomic mass is 32.2. The molecule has 4 rings (SSSR count). The Labute approximate surface area is 185 Å². The number of nitrogens with one attached hydrogen (secondary N) is 1. The Hall–Kier alpha value is -3.51. The first-order valence-corrected chi connectivity index (χ1v) is 10.8. The molecule has 1 atom stereocenters. The monoisotopic (exact) mass is 430 g/mol. The lowest BCUT2D eigenvalue weighted by molar-refractivity contribution is -0.115. The normalized spacial score (nSPS) is 11.7. The summed E-state index contributed by atoms with van der Waals surface area (Å²) in [5, 5.41) is 2.94. The van der Waals surface area contributed by atoms with Gasteiger partial charge >= 0.3 is 0 Å².